The molecule has 0 bridgehead atoms. The van der Waals surface area contributed by atoms with Gasteiger partial charge >= 0.3 is 5.63 Å². The van der Waals surface area contributed by atoms with Crippen molar-refractivity contribution in [3.8, 4) is 5.75 Å². The summed E-state index contributed by atoms with van der Waals surface area (Å²) in [5.74, 6) is 0.0793. The molecule has 0 amide bonds. The fourth-order valence-corrected chi connectivity index (χ4v) is 1.83. The number of Topliss-reactive ketones (excluding diaryl/α,β-unsaturated/α-hetero) is 1. The highest BCUT2D eigenvalue weighted by Gasteiger charge is 2.36. The lowest BCUT2D eigenvalue weighted by molar-refractivity contribution is 0.0279. The van der Waals surface area contributed by atoms with E-state index in [4.69, 9.17) is 9.15 Å². The van der Waals surface area contributed by atoms with Gasteiger partial charge in [0.1, 0.15) is 23.2 Å². The molecule has 17 heavy (non-hydrogen) atoms. The maximum absolute atomic E-state index is 11.7. The molecule has 92 valence electrons. The van der Waals surface area contributed by atoms with Crippen molar-refractivity contribution in [1.29, 1.82) is 0 Å². The number of carbonyl (C=O) groups excluding carboxylic acids is 1. The standard InChI is InChI=1S/C12H14O5/c1-3-4-7-5-8-9(12(15)17-7)11(14)10(13)6(2)16-8/h5-6,10,13H,3-4H2,1-2H3/t6-,10-/m0/s1. The second-order valence-corrected chi connectivity index (χ2v) is 4.12. The van der Waals surface area contributed by atoms with E-state index in [-0.39, 0.29) is 11.3 Å². The molecule has 0 aromatic carbocycles. The lowest BCUT2D eigenvalue weighted by Crippen LogP contribution is -2.42. The molecule has 2 atom stereocenters. The fourth-order valence-electron chi connectivity index (χ4n) is 1.83. The van der Waals surface area contributed by atoms with E-state index in [1.54, 1.807) is 13.0 Å². The predicted octanol–water partition coefficient (Wildman–Crippen LogP) is 0.917. The zero-order valence-corrected chi connectivity index (χ0v) is 9.73. The van der Waals surface area contributed by atoms with Crippen molar-refractivity contribution in [3.05, 3.63) is 27.8 Å². The Morgan fingerprint density at radius 1 is 1.41 bits per heavy atom. The Bertz CT molecular complexity index is 502. The number of ether oxygens (including phenoxy) is 1. The van der Waals surface area contributed by atoms with Gasteiger partial charge in [-0.15, -0.1) is 0 Å². The quantitative estimate of drug-likeness (QED) is 0.828. The maximum Gasteiger partial charge on any atom is 0.350 e. The molecule has 0 aliphatic carbocycles. The summed E-state index contributed by atoms with van der Waals surface area (Å²) in [6.45, 7) is 3.54. The normalized spacial score (nSPS) is 23.1. The third-order valence-electron chi connectivity index (χ3n) is 2.74. The molecule has 1 aliphatic heterocycles. The van der Waals surface area contributed by atoms with Crippen LogP contribution >= 0.6 is 0 Å². The summed E-state index contributed by atoms with van der Waals surface area (Å²) >= 11 is 0. The van der Waals surface area contributed by atoms with Crippen molar-refractivity contribution in [2.75, 3.05) is 0 Å². The summed E-state index contributed by atoms with van der Waals surface area (Å²) in [7, 11) is 0. The van der Waals surface area contributed by atoms with Crippen molar-refractivity contribution in [2.24, 2.45) is 0 Å². The molecule has 0 saturated heterocycles. The van der Waals surface area contributed by atoms with Crippen molar-refractivity contribution in [2.45, 2.75) is 38.9 Å². The van der Waals surface area contributed by atoms with Crippen LogP contribution in [0.3, 0.4) is 0 Å². The molecule has 0 unspecified atom stereocenters. The number of ketones is 1. The van der Waals surface area contributed by atoms with E-state index in [1.807, 2.05) is 6.92 Å². The third kappa shape index (κ3) is 1.98. The molecule has 1 aliphatic rings. The summed E-state index contributed by atoms with van der Waals surface area (Å²) in [4.78, 5) is 23.4. The lowest BCUT2D eigenvalue weighted by atomic mass is 10.00. The van der Waals surface area contributed by atoms with Gasteiger partial charge in [-0.1, -0.05) is 6.92 Å². The summed E-state index contributed by atoms with van der Waals surface area (Å²) < 4.78 is 10.4. The highest BCUT2D eigenvalue weighted by atomic mass is 16.5. The van der Waals surface area contributed by atoms with Gasteiger partial charge < -0.3 is 14.3 Å². The Morgan fingerprint density at radius 3 is 2.76 bits per heavy atom. The van der Waals surface area contributed by atoms with Crippen LogP contribution in [0.4, 0.5) is 0 Å². The summed E-state index contributed by atoms with van der Waals surface area (Å²) in [5.41, 5.74) is -0.919. The Balaban J connectivity index is 2.53. The van der Waals surface area contributed by atoms with E-state index in [1.165, 1.54) is 0 Å². The van der Waals surface area contributed by atoms with E-state index in [9.17, 15) is 14.7 Å². The van der Waals surface area contributed by atoms with Gasteiger partial charge in [-0.25, -0.2) is 4.79 Å². The minimum atomic E-state index is -1.30. The molecule has 5 nitrogen and oxygen atoms in total. The minimum Gasteiger partial charge on any atom is -0.486 e. The average Bonchev–Trinajstić information content (AvgIpc) is 2.25. The second-order valence-electron chi connectivity index (χ2n) is 4.12. The van der Waals surface area contributed by atoms with Crippen molar-refractivity contribution < 1.29 is 19.1 Å². The van der Waals surface area contributed by atoms with E-state index >= 15 is 0 Å². The molecular weight excluding hydrogens is 224 g/mol. The smallest absolute Gasteiger partial charge is 0.350 e. The second kappa shape index (κ2) is 4.33. The van der Waals surface area contributed by atoms with Crippen LogP contribution in [0, 0.1) is 0 Å². The molecule has 5 heteroatoms. The zero-order chi connectivity index (χ0) is 12.6. The van der Waals surface area contributed by atoms with Crippen LogP contribution in [-0.4, -0.2) is 23.1 Å². The van der Waals surface area contributed by atoms with E-state index in [2.05, 4.69) is 0 Å². The van der Waals surface area contributed by atoms with Gasteiger partial charge in [0.05, 0.1) is 0 Å². The summed E-state index contributed by atoms with van der Waals surface area (Å²) in [6, 6.07) is 1.56. The van der Waals surface area contributed by atoms with Gasteiger partial charge in [0.25, 0.3) is 0 Å². The molecule has 0 radical (unpaired) electrons. The first-order valence-electron chi connectivity index (χ1n) is 5.60. The fraction of sp³-hybridized carbons (Fsp3) is 0.500. The number of aryl methyl sites for hydroxylation is 1. The number of hydrogen-bond acceptors (Lipinski definition) is 5. The predicted molar refractivity (Wildman–Crippen MR) is 59.4 cm³/mol. The van der Waals surface area contributed by atoms with Crippen molar-refractivity contribution >= 4 is 5.78 Å². The molecular formula is C12H14O5. The Labute approximate surface area is 98.0 Å². The number of hydrogen-bond donors (Lipinski definition) is 1. The van der Waals surface area contributed by atoms with Crippen LogP contribution in [0.25, 0.3) is 0 Å². The molecule has 0 fully saturated rings. The monoisotopic (exact) mass is 238 g/mol. The van der Waals surface area contributed by atoms with Gasteiger partial charge in [0, 0.05) is 12.5 Å². The zero-order valence-electron chi connectivity index (χ0n) is 9.73. The highest BCUT2D eigenvalue weighted by Crippen LogP contribution is 2.26. The number of carbonyl (C=O) groups is 1. The van der Waals surface area contributed by atoms with Crippen LogP contribution in [0.15, 0.2) is 15.3 Å². The van der Waals surface area contributed by atoms with Crippen molar-refractivity contribution in [1.82, 2.24) is 0 Å². The Kier molecular flexibility index (Phi) is 3.02. The summed E-state index contributed by atoms with van der Waals surface area (Å²) in [6.07, 6.45) is -0.515. The minimum absolute atomic E-state index is 0.185. The largest absolute Gasteiger partial charge is 0.486 e. The molecule has 1 aromatic heterocycles. The number of aliphatic hydroxyl groups is 1. The first-order chi connectivity index (χ1) is 8.04. The third-order valence-corrected chi connectivity index (χ3v) is 2.74. The molecule has 0 spiro atoms. The molecule has 1 aromatic rings. The van der Waals surface area contributed by atoms with Gasteiger partial charge in [0.2, 0.25) is 5.78 Å². The molecule has 2 rings (SSSR count). The highest BCUT2D eigenvalue weighted by molar-refractivity contribution is 6.02. The van der Waals surface area contributed by atoms with E-state index < -0.39 is 23.6 Å². The average molecular weight is 238 g/mol. The molecule has 2 heterocycles. The van der Waals surface area contributed by atoms with Gasteiger partial charge in [-0.2, -0.15) is 0 Å². The van der Waals surface area contributed by atoms with Crippen LogP contribution in [-0.2, 0) is 6.42 Å². The van der Waals surface area contributed by atoms with E-state index in [0.717, 1.165) is 6.42 Å². The number of aliphatic hydroxyl groups excluding tert-OH is 1. The first-order valence-corrected chi connectivity index (χ1v) is 5.60. The van der Waals surface area contributed by atoms with Gasteiger partial charge in [-0.05, 0) is 13.3 Å². The maximum atomic E-state index is 11.7. The van der Waals surface area contributed by atoms with Crippen molar-refractivity contribution in [3.63, 3.8) is 0 Å². The van der Waals surface area contributed by atoms with Crippen LogP contribution in [0.5, 0.6) is 5.75 Å². The summed E-state index contributed by atoms with van der Waals surface area (Å²) in [5, 5.41) is 9.53. The van der Waals surface area contributed by atoms with Crippen LogP contribution in [0.2, 0.25) is 0 Å². The van der Waals surface area contributed by atoms with Crippen LogP contribution in [0.1, 0.15) is 36.4 Å². The first kappa shape index (κ1) is 11.9. The number of rotatable bonds is 2. The van der Waals surface area contributed by atoms with Gasteiger partial charge in [0.15, 0.2) is 6.10 Å². The van der Waals surface area contributed by atoms with Gasteiger partial charge in [-0.3, -0.25) is 4.79 Å². The Hall–Kier alpha value is -1.62. The molecule has 0 saturated carbocycles. The topological polar surface area (TPSA) is 76.7 Å². The molecule has 1 N–H and O–H groups in total. The van der Waals surface area contributed by atoms with E-state index in [0.29, 0.717) is 12.2 Å². The SMILES string of the molecule is CCCc1cc2c(c(=O)o1)C(=O)[C@@H](O)[C@H](C)O2. The number of fused-ring (bicyclic) bond motifs is 1. The van der Waals surface area contributed by atoms with Crippen LogP contribution < -0.4 is 10.4 Å². The lowest BCUT2D eigenvalue weighted by Gasteiger charge is -2.25. The Morgan fingerprint density at radius 2 is 2.12 bits per heavy atom.